The normalized spacial score (nSPS) is 22.1. The molecular weight excluding hydrogens is 340 g/mol. The summed E-state index contributed by atoms with van der Waals surface area (Å²) < 4.78 is 29.0. The van der Waals surface area contributed by atoms with Gasteiger partial charge in [0.1, 0.15) is 4.90 Å². The summed E-state index contributed by atoms with van der Waals surface area (Å²) in [6, 6.07) is 0.199. The molecule has 1 spiro atoms. The lowest BCUT2D eigenvalue weighted by Crippen LogP contribution is -2.53. The van der Waals surface area contributed by atoms with E-state index in [1.54, 1.807) is 29.2 Å². The number of hydrogen-bond acceptors (Lipinski definition) is 4. The topological polar surface area (TPSA) is 75.5 Å². The first kappa shape index (κ1) is 18.4. The fraction of sp³-hybridized carbons (Fsp3) is 0.765. The van der Waals surface area contributed by atoms with Crippen molar-refractivity contribution >= 4 is 15.9 Å². The highest BCUT2D eigenvalue weighted by molar-refractivity contribution is 7.89. The molecule has 25 heavy (non-hydrogen) atoms. The molecular formula is C17H28N4O3S. The van der Waals surface area contributed by atoms with Gasteiger partial charge < -0.3 is 4.90 Å². The Kier molecular flexibility index (Phi) is 4.70. The van der Waals surface area contributed by atoms with E-state index in [9.17, 15) is 13.2 Å². The molecule has 2 aliphatic rings. The van der Waals surface area contributed by atoms with E-state index in [1.807, 2.05) is 18.7 Å². The molecule has 0 saturated carbocycles. The zero-order chi connectivity index (χ0) is 18.4. The number of hydrogen-bond donors (Lipinski definition) is 0. The lowest BCUT2D eigenvalue weighted by Gasteiger charge is -2.48. The van der Waals surface area contributed by atoms with Gasteiger partial charge in [0.2, 0.25) is 15.9 Å². The Morgan fingerprint density at radius 1 is 1.20 bits per heavy atom. The minimum absolute atomic E-state index is 0.0637. The summed E-state index contributed by atoms with van der Waals surface area (Å²) in [7, 11) is -1.77. The van der Waals surface area contributed by atoms with Crippen LogP contribution in [0, 0.1) is 12.3 Å². The van der Waals surface area contributed by atoms with Crippen LogP contribution < -0.4 is 0 Å². The Balaban J connectivity index is 1.73. The first-order valence-electron chi connectivity index (χ1n) is 8.94. The molecule has 1 aromatic rings. The van der Waals surface area contributed by atoms with E-state index in [1.165, 1.54) is 0 Å². The highest BCUT2D eigenvalue weighted by Gasteiger charge is 2.44. The van der Waals surface area contributed by atoms with Crippen molar-refractivity contribution in [2.24, 2.45) is 12.5 Å². The van der Waals surface area contributed by atoms with Crippen LogP contribution in [0.25, 0.3) is 0 Å². The van der Waals surface area contributed by atoms with Crippen LogP contribution in [0.3, 0.4) is 0 Å². The summed E-state index contributed by atoms with van der Waals surface area (Å²) in [4.78, 5) is 14.4. The molecule has 2 saturated heterocycles. The average Bonchev–Trinajstić information content (AvgIpc) is 2.89. The minimum Gasteiger partial charge on any atom is -0.340 e. The molecule has 0 bridgehead atoms. The fourth-order valence-corrected chi connectivity index (χ4v) is 5.74. The standard InChI is InChI=1S/C17H28N4O3S/c1-13(2)21-12-17(6-5-16(21)22)7-9-20(10-8-17)25(23,24)15-11-19(4)18-14(15)3/h11,13H,5-10,12H2,1-4H3. The number of aromatic nitrogens is 2. The predicted octanol–water partition coefficient (Wildman–Crippen LogP) is 1.53. The monoisotopic (exact) mass is 368 g/mol. The van der Waals surface area contributed by atoms with Gasteiger partial charge in [-0.1, -0.05) is 0 Å². The van der Waals surface area contributed by atoms with Gasteiger partial charge >= 0.3 is 0 Å². The number of rotatable bonds is 3. The summed E-state index contributed by atoms with van der Waals surface area (Å²) in [5, 5.41) is 4.16. The maximum absolute atomic E-state index is 12.9. The van der Waals surface area contributed by atoms with E-state index in [-0.39, 0.29) is 17.4 Å². The zero-order valence-electron chi connectivity index (χ0n) is 15.5. The molecule has 0 N–H and O–H groups in total. The number of piperidine rings is 2. The second-order valence-corrected chi connectivity index (χ2v) is 9.68. The Morgan fingerprint density at radius 2 is 1.84 bits per heavy atom. The largest absolute Gasteiger partial charge is 0.340 e. The molecule has 2 aliphatic heterocycles. The van der Waals surface area contributed by atoms with E-state index in [4.69, 9.17) is 0 Å². The lowest BCUT2D eigenvalue weighted by molar-refractivity contribution is -0.141. The fourth-order valence-electron chi connectivity index (χ4n) is 4.09. The van der Waals surface area contributed by atoms with Crippen molar-refractivity contribution in [1.82, 2.24) is 19.0 Å². The van der Waals surface area contributed by atoms with Crippen molar-refractivity contribution < 1.29 is 13.2 Å². The molecule has 2 fully saturated rings. The van der Waals surface area contributed by atoms with Gasteiger partial charge in [-0.05, 0) is 45.4 Å². The van der Waals surface area contributed by atoms with E-state index < -0.39 is 10.0 Å². The maximum Gasteiger partial charge on any atom is 0.246 e. The van der Waals surface area contributed by atoms with Crippen molar-refractivity contribution in [2.45, 2.75) is 57.4 Å². The van der Waals surface area contributed by atoms with Crippen molar-refractivity contribution in [3.63, 3.8) is 0 Å². The van der Waals surface area contributed by atoms with Crippen LogP contribution in [-0.2, 0) is 21.9 Å². The van der Waals surface area contributed by atoms with Gasteiger partial charge in [-0.15, -0.1) is 0 Å². The molecule has 8 heteroatoms. The minimum atomic E-state index is -3.50. The first-order chi connectivity index (χ1) is 11.6. The van der Waals surface area contributed by atoms with Crippen LogP contribution in [0.1, 0.15) is 45.2 Å². The molecule has 3 heterocycles. The molecule has 1 amide bonds. The third-order valence-electron chi connectivity index (χ3n) is 5.69. The van der Waals surface area contributed by atoms with Gasteiger partial charge in [0.25, 0.3) is 0 Å². The highest BCUT2D eigenvalue weighted by atomic mass is 32.2. The van der Waals surface area contributed by atoms with Crippen molar-refractivity contribution in [3.8, 4) is 0 Å². The molecule has 0 atom stereocenters. The molecule has 1 aromatic heterocycles. The van der Waals surface area contributed by atoms with Gasteiger partial charge in [0.15, 0.2) is 0 Å². The number of nitrogens with zero attached hydrogens (tertiary/aromatic N) is 4. The quantitative estimate of drug-likeness (QED) is 0.811. The van der Waals surface area contributed by atoms with E-state index >= 15 is 0 Å². The Hall–Kier alpha value is -1.41. The maximum atomic E-state index is 12.9. The zero-order valence-corrected chi connectivity index (χ0v) is 16.3. The molecule has 0 aliphatic carbocycles. The number of carbonyl (C=O) groups excluding carboxylic acids is 1. The van der Waals surface area contributed by atoms with Crippen molar-refractivity contribution in [3.05, 3.63) is 11.9 Å². The second-order valence-electron chi connectivity index (χ2n) is 7.77. The third kappa shape index (κ3) is 3.33. The summed E-state index contributed by atoms with van der Waals surface area (Å²) in [5.74, 6) is 0.224. The van der Waals surface area contributed by atoms with E-state index in [2.05, 4.69) is 5.10 Å². The van der Waals surface area contributed by atoms with Gasteiger partial charge in [0.05, 0.1) is 5.69 Å². The van der Waals surface area contributed by atoms with Crippen molar-refractivity contribution in [2.75, 3.05) is 19.6 Å². The molecule has 3 rings (SSSR count). The molecule has 7 nitrogen and oxygen atoms in total. The second kappa shape index (κ2) is 6.39. The number of carbonyl (C=O) groups is 1. The smallest absolute Gasteiger partial charge is 0.246 e. The molecule has 140 valence electrons. The Labute approximate surface area is 150 Å². The highest BCUT2D eigenvalue weighted by Crippen LogP contribution is 2.41. The predicted molar refractivity (Wildman–Crippen MR) is 94.5 cm³/mol. The third-order valence-corrected chi connectivity index (χ3v) is 7.69. The van der Waals surface area contributed by atoms with Crippen LogP contribution in [0.4, 0.5) is 0 Å². The van der Waals surface area contributed by atoms with Gasteiger partial charge in [-0.25, -0.2) is 8.42 Å². The molecule has 0 aromatic carbocycles. The lowest BCUT2D eigenvalue weighted by atomic mass is 9.72. The molecule has 0 radical (unpaired) electrons. The first-order valence-corrected chi connectivity index (χ1v) is 10.4. The van der Waals surface area contributed by atoms with E-state index in [0.717, 1.165) is 25.8 Å². The van der Waals surface area contributed by atoms with Crippen molar-refractivity contribution in [1.29, 1.82) is 0 Å². The number of amides is 1. The van der Waals surface area contributed by atoms with Crippen LogP contribution in [0.5, 0.6) is 0 Å². The number of likely N-dealkylation sites (tertiary alicyclic amines) is 1. The van der Waals surface area contributed by atoms with Gasteiger partial charge in [-0.2, -0.15) is 9.40 Å². The molecule has 0 unspecified atom stereocenters. The average molecular weight is 369 g/mol. The number of sulfonamides is 1. The van der Waals surface area contributed by atoms with Gasteiger partial charge in [-0.3, -0.25) is 9.48 Å². The van der Waals surface area contributed by atoms with Crippen LogP contribution in [0.2, 0.25) is 0 Å². The summed E-state index contributed by atoms with van der Waals surface area (Å²) >= 11 is 0. The van der Waals surface area contributed by atoms with Crippen LogP contribution in [-0.4, -0.2) is 59.0 Å². The van der Waals surface area contributed by atoms with Crippen LogP contribution >= 0.6 is 0 Å². The van der Waals surface area contributed by atoms with Gasteiger partial charge in [0, 0.05) is 45.3 Å². The van der Waals surface area contributed by atoms with E-state index in [0.29, 0.717) is 30.1 Å². The summed E-state index contributed by atoms with van der Waals surface area (Å²) in [6.07, 6.45) is 4.64. The SMILES string of the molecule is Cc1nn(C)cc1S(=O)(=O)N1CCC2(CCC(=O)N(C(C)C)C2)CC1. The summed E-state index contributed by atoms with van der Waals surface area (Å²) in [6.45, 7) is 7.59. The Bertz CT molecular complexity index is 761. The number of aryl methyl sites for hydroxylation is 2. The van der Waals surface area contributed by atoms with Crippen LogP contribution in [0.15, 0.2) is 11.1 Å². The summed E-state index contributed by atoms with van der Waals surface area (Å²) in [5.41, 5.74) is 0.603. The Morgan fingerprint density at radius 3 is 2.36 bits per heavy atom.